The summed E-state index contributed by atoms with van der Waals surface area (Å²) in [5.41, 5.74) is 2.11. The first-order chi connectivity index (χ1) is 18.5. The monoisotopic (exact) mass is 555 g/mol. The molecule has 1 atom stereocenters. The average molecular weight is 556 g/mol. The molecule has 208 valence electrons. The van der Waals surface area contributed by atoms with Gasteiger partial charge in [0.05, 0.1) is 37.4 Å². The number of rotatable bonds is 12. The van der Waals surface area contributed by atoms with Crippen LogP contribution in [0.1, 0.15) is 22.8 Å². The zero-order valence-electron chi connectivity index (χ0n) is 22.6. The number of sulfonamides is 1. The smallest absolute Gasteiger partial charge is 0.265 e. The van der Waals surface area contributed by atoms with Crippen molar-refractivity contribution in [1.29, 1.82) is 0 Å². The van der Waals surface area contributed by atoms with Gasteiger partial charge in [0, 0.05) is 13.6 Å². The van der Waals surface area contributed by atoms with Crippen molar-refractivity contribution in [3.05, 3.63) is 77.9 Å². The van der Waals surface area contributed by atoms with Crippen LogP contribution in [0.15, 0.2) is 66.7 Å². The number of amides is 2. The van der Waals surface area contributed by atoms with Crippen LogP contribution in [0.5, 0.6) is 17.2 Å². The molecular weight excluding hydrogens is 522 g/mol. The lowest BCUT2D eigenvalue weighted by atomic mass is 10.1. The molecule has 0 spiro atoms. The molecule has 0 unspecified atom stereocenters. The number of carbonyl (C=O) groups excluding carboxylic acids is 2. The van der Waals surface area contributed by atoms with Crippen LogP contribution >= 0.6 is 0 Å². The molecule has 0 heterocycles. The van der Waals surface area contributed by atoms with Gasteiger partial charge in [-0.05, 0) is 67.4 Å². The van der Waals surface area contributed by atoms with Crippen molar-refractivity contribution < 1.29 is 32.2 Å². The van der Waals surface area contributed by atoms with Crippen LogP contribution in [-0.4, -0.2) is 60.4 Å². The van der Waals surface area contributed by atoms with E-state index in [9.17, 15) is 18.0 Å². The Morgan fingerprint density at radius 3 is 2.26 bits per heavy atom. The second-order valence-corrected chi connectivity index (χ2v) is 10.7. The van der Waals surface area contributed by atoms with Crippen molar-refractivity contribution in [2.45, 2.75) is 19.4 Å². The summed E-state index contributed by atoms with van der Waals surface area (Å²) in [6, 6.07) is 18.6. The number of nitrogens with one attached hydrogen (secondary N) is 2. The highest BCUT2D eigenvalue weighted by Crippen LogP contribution is 2.27. The standard InChI is InChI=1S/C28H33N3O7S/c1-19(38-22-13-11-21(12-14-22)31(2)39(5,34)35)27(32)30-24-9-7-6-8-23(24)28(33)29-17-16-20-10-15-25(36-3)26(18-20)37-4/h6-15,18-19H,16-17H2,1-5H3,(H,29,33)(H,30,32)/t19-/m0/s1. The van der Waals surface area contributed by atoms with E-state index in [1.807, 2.05) is 18.2 Å². The third-order valence-corrected chi connectivity index (χ3v) is 7.16. The van der Waals surface area contributed by atoms with Crippen LogP contribution < -0.4 is 29.1 Å². The number of hydrogen-bond acceptors (Lipinski definition) is 7. The van der Waals surface area contributed by atoms with Crippen molar-refractivity contribution in [3.63, 3.8) is 0 Å². The van der Waals surface area contributed by atoms with Gasteiger partial charge in [0.2, 0.25) is 10.0 Å². The van der Waals surface area contributed by atoms with E-state index < -0.39 is 22.0 Å². The van der Waals surface area contributed by atoms with Crippen LogP contribution in [0.2, 0.25) is 0 Å². The minimum atomic E-state index is -3.39. The summed E-state index contributed by atoms with van der Waals surface area (Å²) in [7, 11) is 1.20. The van der Waals surface area contributed by atoms with Crippen molar-refractivity contribution in [2.75, 3.05) is 43.7 Å². The van der Waals surface area contributed by atoms with Gasteiger partial charge in [-0.1, -0.05) is 18.2 Å². The molecule has 0 saturated heterocycles. The highest BCUT2D eigenvalue weighted by molar-refractivity contribution is 7.92. The second kappa shape index (κ2) is 13.0. The van der Waals surface area contributed by atoms with Crippen molar-refractivity contribution in [3.8, 4) is 17.2 Å². The fourth-order valence-corrected chi connectivity index (χ4v) is 4.16. The zero-order chi connectivity index (χ0) is 28.6. The number of benzene rings is 3. The molecule has 0 aromatic heterocycles. The molecule has 3 aromatic rings. The quantitative estimate of drug-likeness (QED) is 0.351. The Bertz CT molecular complexity index is 1410. The van der Waals surface area contributed by atoms with Gasteiger partial charge in [-0.25, -0.2) is 8.42 Å². The fourth-order valence-electron chi connectivity index (χ4n) is 3.66. The Morgan fingerprint density at radius 2 is 1.62 bits per heavy atom. The van der Waals surface area contributed by atoms with Crippen LogP contribution in [0, 0.1) is 0 Å². The van der Waals surface area contributed by atoms with Crippen molar-refractivity contribution in [2.24, 2.45) is 0 Å². The first-order valence-electron chi connectivity index (χ1n) is 12.1. The first-order valence-corrected chi connectivity index (χ1v) is 14.0. The summed E-state index contributed by atoms with van der Waals surface area (Å²) < 4.78 is 40.8. The molecule has 0 radical (unpaired) electrons. The lowest BCUT2D eigenvalue weighted by Crippen LogP contribution is -2.32. The molecule has 2 N–H and O–H groups in total. The number of ether oxygens (including phenoxy) is 3. The van der Waals surface area contributed by atoms with Gasteiger partial charge in [-0.2, -0.15) is 0 Å². The Hall–Kier alpha value is -4.25. The summed E-state index contributed by atoms with van der Waals surface area (Å²) in [6.45, 7) is 1.96. The summed E-state index contributed by atoms with van der Waals surface area (Å²) in [5.74, 6) is 0.862. The summed E-state index contributed by atoms with van der Waals surface area (Å²) in [4.78, 5) is 25.7. The van der Waals surface area contributed by atoms with E-state index in [4.69, 9.17) is 14.2 Å². The molecule has 0 fully saturated rings. The number of carbonyl (C=O) groups is 2. The Morgan fingerprint density at radius 1 is 0.949 bits per heavy atom. The van der Waals surface area contributed by atoms with E-state index in [0.29, 0.717) is 47.2 Å². The number of nitrogens with zero attached hydrogens (tertiary/aromatic N) is 1. The molecule has 0 saturated carbocycles. The van der Waals surface area contributed by atoms with E-state index in [0.717, 1.165) is 16.1 Å². The molecule has 0 bridgehead atoms. The van der Waals surface area contributed by atoms with Crippen LogP contribution in [-0.2, 0) is 21.2 Å². The third kappa shape index (κ3) is 7.87. The van der Waals surface area contributed by atoms with Crippen molar-refractivity contribution in [1.82, 2.24) is 5.32 Å². The number of para-hydroxylation sites is 1. The normalized spacial score (nSPS) is 11.7. The topological polar surface area (TPSA) is 123 Å². The number of anilines is 2. The fraction of sp³-hybridized carbons (Fsp3) is 0.286. The van der Waals surface area contributed by atoms with Gasteiger partial charge in [0.15, 0.2) is 17.6 Å². The molecule has 0 aliphatic rings. The van der Waals surface area contributed by atoms with Gasteiger partial charge in [-0.15, -0.1) is 0 Å². The highest BCUT2D eigenvalue weighted by atomic mass is 32.2. The number of methoxy groups -OCH3 is 2. The lowest BCUT2D eigenvalue weighted by Gasteiger charge is -2.19. The van der Waals surface area contributed by atoms with Gasteiger partial charge >= 0.3 is 0 Å². The summed E-state index contributed by atoms with van der Waals surface area (Å²) in [6.07, 6.45) is 0.800. The lowest BCUT2D eigenvalue weighted by molar-refractivity contribution is -0.122. The predicted molar refractivity (Wildman–Crippen MR) is 150 cm³/mol. The SMILES string of the molecule is COc1ccc(CCNC(=O)c2ccccc2NC(=O)[C@H](C)Oc2ccc(N(C)S(C)(=O)=O)cc2)cc1OC. The molecule has 3 rings (SSSR count). The minimum Gasteiger partial charge on any atom is -0.493 e. The molecular formula is C28H33N3O7S. The predicted octanol–water partition coefficient (Wildman–Crippen LogP) is 3.48. The van der Waals surface area contributed by atoms with E-state index in [1.54, 1.807) is 69.7 Å². The second-order valence-electron chi connectivity index (χ2n) is 8.71. The summed E-state index contributed by atoms with van der Waals surface area (Å²) >= 11 is 0. The van der Waals surface area contributed by atoms with E-state index >= 15 is 0 Å². The molecule has 10 nitrogen and oxygen atoms in total. The maximum Gasteiger partial charge on any atom is 0.265 e. The first kappa shape index (κ1) is 29.3. The van der Waals surface area contributed by atoms with Gasteiger partial charge < -0.3 is 24.8 Å². The van der Waals surface area contributed by atoms with E-state index in [1.165, 1.54) is 7.05 Å². The van der Waals surface area contributed by atoms with E-state index in [-0.39, 0.29) is 5.91 Å². The summed E-state index contributed by atoms with van der Waals surface area (Å²) in [5, 5.41) is 5.63. The maximum atomic E-state index is 12.9. The largest absolute Gasteiger partial charge is 0.493 e. The zero-order valence-corrected chi connectivity index (χ0v) is 23.4. The third-order valence-electron chi connectivity index (χ3n) is 5.96. The van der Waals surface area contributed by atoms with Gasteiger partial charge in [0.25, 0.3) is 11.8 Å². The Labute approximate surface area is 228 Å². The molecule has 0 aliphatic carbocycles. The van der Waals surface area contributed by atoms with Gasteiger partial charge in [0.1, 0.15) is 5.75 Å². The molecule has 3 aromatic carbocycles. The molecule has 2 amide bonds. The molecule has 39 heavy (non-hydrogen) atoms. The minimum absolute atomic E-state index is 0.318. The van der Waals surface area contributed by atoms with Crippen LogP contribution in [0.25, 0.3) is 0 Å². The molecule has 11 heteroatoms. The number of hydrogen-bond donors (Lipinski definition) is 2. The maximum absolute atomic E-state index is 12.9. The van der Waals surface area contributed by atoms with Crippen molar-refractivity contribution >= 4 is 33.2 Å². The Balaban J connectivity index is 1.59. The van der Waals surface area contributed by atoms with Crippen LogP contribution in [0.3, 0.4) is 0 Å². The van der Waals surface area contributed by atoms with E-state index in [2.05, 4.69) is 10.6 Å². The van der Waals surface area contributed by atoms with Gasteiger partial charge in [-0.3, -0.25) is 13.9 Å². The highest BCUT2D eigenvalue weighted by Gasteiger charge is 2.19. The molecule has 0 aliphatic heterocycles. The van der Waals surface area contributed by atoms with Crippen LogP contribution in [0.4, 0.5) is 11.4 Å². The Kier molecular flexibility index (Phi) is 9.78. The average Bonchev–Trinajstić information content (AvgIpc) is 2.92.